The van der Waals surface area contributed by atoms with Crippen LogP contribution in [0.15, 0.2) is 53.9 Å². The smallest absolute Gasteiger partial charge is 0.328 e. The first-order chi connectivity index (χ1) is 15.4. The van der Waals surface area contributed by atoms with Crippen molar-refractivity contribution >= 4 is 34.3 Å². The lowest BCUT2D eigenvalue weighted by Gasteiger charge is -2.13. The second-order valence-corrected chi connectivity index (χ2v) is 8.17. The molecular formula is C24H25N3O4S. The van der Waals surface area contributed by atoms with Gasteiger partial charge in [0.1, 0.15) is 6.04 Å². The van der Waals surface area contributed by atoms with Crippen LogP contribution in [0.5, 0.6) is 0 Å². The highest BCUT2D eigenvalue weighted by Gasteiger charge is 2.19. The third-order valence-electron chi connectivity index (χ3n) is 4.74. The van der Waals surface area contributed by atoms with Crippen molar-refractivity contribution in [3.8, 4) is 11.3 Å². The van der Waals surface area contributed by atoms with Crippen molar-refractivity contribution in [1.82, 2.24) is 10.3 Å². The maximum Gasteiger partial charge on any atom is 0.328 e. The van der Waals surface area contributed by atoms with Crippen LogP contribution in [-0.2, 0) is 20.7 Å². The number of benzene rings is 2. The maximum absolute atomic E-state index is 12.2. The molecule has 0 aliphatic carbocycles. The fourth-order valence-electron chi connectivity index (χ4n) is 2.92. The molecule has 3 rings (SSSR count). The van der Waals surface area contributed by atoms with Crippen molar-refractivity contribution in [1.29, 1.82) is 0 Å². The summed E-state index contributed by atoms with van der Waals surface area (Å²) in [6, 6.07) is 14.2. The Morgan fingerprint density at radius 2 is 1.88 bits per heavy atom. The van der Waals surface area contributed by atoms with Gasteiger partial charge in [0, 0.05) is 16.5 Å². The van der Waals surface area contributed by atoms with E-state index in [-0.39, 0.29) is 5.91 Å². The minimum atomic E-state index is -0.895. The number of anilines is 1. The molecule has 1 heterocycles. The summed E-state index contributed by atoms with van der Waals surface area (Å²) < 4.78 is 5.03. The van der Waals surface area contributed by atoms with Crippen LogP contribution in [0.3, 0.4) is 0 Å². The van der Waals surface area contributed by atoms with Crippen LogP contribution in [0.2, 0.25) is 0 Å². The molecule has 0 spiro atoms. The largest absolute Gasteiger partial charge is 0.454 e. The number of carbonyl (C=O) groups is 3. The molecule has 0 bridgehead atoms. The summed E-state index contributed by atoms with van der Waals surface area (Å²) in [7, 11) is 0. The molecule has 0 unspecified atom stereocenters. The molecule has 3 aromatic rings. The summed E-state index contributed by atoms with van der Waals surface area (Å²) in [5.41, 5.74) is 4.35. The van der Waals surface area contributed by atoms with Gasteiger partial charge in [-0.25, -0.2) is 9.78 Å². The molecular weight excluding hydrogens is 426 g/mol. The van der Waals surface area contributed by atoms with Crippen molar-refractivity contribution in [3.05, 3.63) is 70.6 Å². The fourth-order valence-corrected chi connectivity index (χ4v) is 3.65. The number of nitrogens with one attached hydrogen (secondary N) is 2. The zero-order chi connectivity index (χ0) is 23.1. The van der Waals surface area contributed by atoms with Gasteiger partial charge in [0.05, 0.1) is 5.69 Å². The summed E-state index contributed by atoms with van der Waals surface area (Å²) in [6.45, 7) is 5.01. The molecule has 166 valence electrons. The van der Waals surface area contributed by atoms with Gasteiger partial charge in [0.2, 0.25) is 0 Å². The molecule has 0 saturated heterocycles. The summed E-state index contributed by atoms with van der Waals surface area (Å²) in [6.07, 6.45) is 0.964. The Bertz CT molecular complexity index is 1110. The lowest BCUT2D eigenvalue weighted by Crippen LogP contribution is -2.40. The quantitative estimate of drug-likeness (QED) is 0.505. The van der Waals surface area contributed by atoms with Gasteiger partial charge in [0.25, 0.3) is 11.8 Å². The summed E-state index contributed by atoms with van der Waals surface area (Å²) in [5, 5.41) is 7.47. The van der Waals surface area contributed by atoms with Crippen LogP contribution in [-0.4, -0.2) is 35.4 Å². The second kappa shape index (κ2) is 10.7. The predicted octanol–water partition coefficient (Wildman–Crippen LogP) is 3.98. The van der Waals surface area contributed by atoms with Gasteiger partial charge >= 0.3 is 5.97 Å². The molecule has 1 aromatic heterocycles. The van der Waals surface area contributed by atoms with Gasteiger partial charge in [-0.15, -0.1) is 11.3 Å². The molecule has 0 fully saturated rings. The minimum absolute atomic E-state index is 0.384. The van der Waals surface area contributed by atoms with E-state index in [0.717, 1.165) is 23.2 Å². The van der Waals surface area contributed by atoms with E-state index in [2.05, 4.69) is 22.5 Å². The zero-order valence-electron chi connectivity index (χ0n) is 18.2. The van der Waals surface area contributed by atoms with Gasteiger partial charge in [0.15, 0.2) is 11.7 Å². The summed E-state index contributed by atoms with van der Waals surface area (Å²) >= 11 is 1.29. The number of hydrogen-bond acceptors (Lipinski definition) is 6. The van der Waals surface area contributed by atoms with Crippen molar-refractivity contribution in [2.75, 3.05) is 11.9 Å². The average Bonchev–Trinajstić information content (AvgIpc) is 3.25. The van der Waals surface area contributed by atoms with E-state index in [0.29, 0.717) is 10.7 Å². The Balaban J connectivity index is 1.47. The van der Waals surface area contributed by atoms with Crippen molar-refractivity contribution < 1.29 is 19.1 Å². The van der Waals surface area contributed by atoms with Crippen molar-refractivity contribution in [3.63, 3.8) is 0 Å². The molecule has 0 saturated carbocycles. The summed E-state index contributed by atoms with van der Waals surface area (Å²) in [5.74, 6) is -1.58. The highest BCUT2D eigenvalue weighted by molar-refractivity contribution is 7.14. The lowest BCUT2D eigenvalue weighted by atomic mass is 10.1. The number of hydrogen-bond donors (Lipinski definition) is 2. The SMILES string of the molecule is CCc1ccc(-c2csc(NC(=O)COC(=O)[C@H](C)NC(=O)c3cccc(C)c3)n2)cc1. The van der Waals surface area contributed by atoms with Gasteiger partial charge in [-0.2, -0.15) is 0 Å². The van der Waals surface area contributed by atoms with Crippen molar-refractivity contribution in [2.24, 2.45) is 0 Å². The third-order valence-corrected chi connectivity index (χ3v) is 5.49. The Labute approximate surface area is 190 Å². The topological polar surface area (TPSA) is 97.4 Å². The first kappa shape index (κ1) is 23.1. The Morgan fingerprint density at radius 3 is 2.56 bits per heavy atom. The van der Waals surface area contributed by atoms with Crippen LogP contribution >= 0.6 is 11.3 Å². The van der Waals surface area contributed by atoms with E-state index >= 15 is 0 Å². The second-order valence-electron chi connectivity index (χ2n) is 7.31. The number of thiazole rings is 1. The van der Waals surface area contributed by atoms with Crippen LogP contribution in [0.1, 0.15) is 35.3 Å². The highest BCUT2D eigenvalue weighted by Crippen LogP contribution is 2.25. The molecule has 7 nitrogen and oxygen atoms in total. The van der Waals surface area contributed by atoms with E-state index in [1.807, 2.05) is 42.6 Å². The van der Waals surface area contributed by atoms with E-state index in [9.17, 15) is 14.4 Å². The van der Waals surface area contributed by atoms with Crippen LogP contribution in [0, 0.1) is 6.92 Å². The highest BCUT2D eigenvalue weighted by atomic mass is 32.1. The number of amides is 2. The first-order valence-electron chi connectivity index (χ1n) is 10.2. The molecule has 0 radical (unpaired) electrons. The third kappa shape index (κ3) is 6.24. The average molecular weight is 452 g/mol. The van der Waals surface area contributed by atoms with Gasteiger partial charge < -0.3 is 10.1 Å². The molecule has 1 atom stereocenters. The maximum atomic E-state index is 12.2. The molecule has 8 heteroatoms. The van der Waals surface area contributed by atoms with E-state index in [1.165, 1.54) is 23.8 Å². The number of carbonyl (C=O) groups excluding carboxylic acids is 3. The number of nitrogens with zero attached hydrogens (tertiary/aromatic N) is 1. The number of ether oxygens (including phenoxy) is 1. The van der Waals surface area contributed by atoms with Crippen LogP contribution < -0.4 is 10.6 Å². The monoisotopic (exact) mass is 451 g/mol. The predicted molar refractivity (Wildman–Crippen MR) is 125 cm³/mol. The molecule has 0 aliphatic heterocycles. The normalized spacial score (nSPS) is 11.5. The molecule has 0 aliphatic rings. The number of aromatic nitrogens is 1. The van der Waals surface area contributed by atoms with Gasteiger partial charge in [-0.1, -0.05) is 48.9 Å². The standard InChI is InChI=1S/C24H25N3O4S/c1-4-17-8-10-18(11-9-17)20-14-32-24(26-20)27-21(28)13-31-23(30)16(3)25-22(29)19-7-5-6-15(2)12-19/h5-12,14,16H,4,13H2,1-3H3,(H,25,29)(H,26,27,28)/t16-/m0/s1. The number of aryl methyl sites for hydroxylation is 2. The lowest BCUT2D eigenvalue weighted by molar-refractivity contribution is -0.148. The van der Waals surface area contributed by atoms with Crippen molar-refractivity contribution in [2.45, 2.75) is 33.2 Å². The van der Waals surface area contributed by atoms with Crippen LogP contribution in [0.25, 0.3) is 11.3 Å². The van der Waals surface area contributed by atoms with E-state index in [4.69, 9.17) is 4.74 Å². The first-order valence-corrected chi connectivity index (χ1v) is 11.1. The Kier molecular flexibility index (Phi) is 7.72. The van der Waals surface area contributed by atoms with Gasteiger partial charge in [-0.05, 0) is 38.0 Å². The van der Waals surface area contributed by atoms with E-state index < -0.39 is 24.5 Å². The Morgan fingerprint density at radius 1 is 1.12 bits per heavy atom. The van der Waals surface area contributed by atoms with Gasteiger partial charge in [-0.3, -0.25) is 14.9 Å². The number of rotatable bonds is 8. The fraction of sp³-hybridized carbons (Fsp3) is 0.250. The minimum Gasteiger partial charge on any atom is -0.454 e. The molecule has 2 aromatic carbocycles. The number of esters is 1. The Hall–Kier alpha value is -3.52. The summed E-state index contributed by atoms with van der Waals surface area (Å²) in [4.78, 5) is 40.9. The van der Waals surface area contributed by atoms with Crippen LogP contribution in [0.4, 0.5) is 5.13 Å². The molecule has 2 amide bonds. The zero-order valence-corrected chi connectivity index (χ0v) is 19.0. The molecule has 32 heavy (non-hydrogen) atoms. The van der Waals surface area contributed by atoms with E-state index in [1.54, 1.807) is 18.2 Å². The molecule has 2 N–H and O–H groups in total.